The topological polar surface area (TPSA) is 30.2 Å². The maximum absolute atomic E-state index is 12.4. The minimum atomic E-state index is -0.596. The van der Waals surface area contributed by atoms with Gasteiger partial charge in [-0.25, -0.2) is 0 Å². The second kappa shape index (κ2) is 4.49. The maximum atomic E-state index is 12.4. The Hall–Kier alpha value is -1.35. The van der Waals surface area contributed by atoms with E-state index in [0.29, 0.717) is 10.2 Å². The van der Waals surface area contributed by atoms with Crippen LogP contribution in [0.4, 0.5) is 0 Å². The monoisotopic (exact) mass is 292 g/mol. The van der Waals surface area contributed by atoms with E-state index < -0.39 is 5.41 Å². The first-order chi connectivity index (χ1) is 8.03. The van der Waals surface area contributed by atoms with Crippen molar-refractivity contribution in [1.82, 2.24) is 0 Å². The quantitative estimate of drug-likeness (QED) is 0.794. The van der Waals surface area contributed by atoms with Gasteiger partial charge in [-0.05, 0) is 41.4 Å². The Kier molecular flexibility index (Phi) is 3.20. The van der Waals surface area contributed by atoms with Crippen LogP contribution in [0.5, 0.6) is 0 Å². The summed E-state index contributed by atoms with van der Waals surface area (Å²) in [5.41, 5.74) is 0.384. The lowest BCUT2D eigenvalue weighted by Crippen LogP contribution is -2.29. The SMILES string of the molecule is CC(C)(C(=O)c1occc1Br)c1ccccc1. The van der Waals surface area contributed by atoms with Gasteiger partial charge in [0, 0.05) is 0 Å². The first-order valence-corrected chi connectivity index (χ1v) is 6.16. The van der Waals surface area contributed by atoms with Crippen molar-refractivity contribution in [3.05, 3.63) is 58.5 Å². The Morgan fingerprint density at radius 2 is 1.82 bits per heavy atom. The highest BCUT2D eigenvalue weighted by Crippen LogP contribution is 2.30. The van der Waals surface area contributed by atoms with Gasteiger partial charge in [0.2, 0.25) is 5.78 Å². The van der Waals surface area contributed by atoms with Crippen LogP contribution in [-0.4, -0.2) is 5.78 Å². The van der Waals surface area contributed by atoms with Crippen LogP contribution in [0.1, 0.15) is 30.0 Å². The molecule has 0 unspecified atom stereocenters. The average Bonchev–Trinajstić information content (AvgIpc) is 2.75. The molecule has 0 spiro atoms. The van der Waals surface area contributed by atoms with Crippen LogP contribution in [-0.2, 0) is 5.41 Å². The van der Waals surface area contributed by atoms with Gasteiger partial charge in [-0.2, -0.15) is 0 Å². The number of carbonyl (C=O) groups is 1. The number of carbonyl (C=O) groups excluding carboxylic acids is 1. The summed E-state index contributed by atoms with van der Waals surface area (Å²) in [6, 6.07) is 11.4. The van der Waals surface area contributed by atoms with Gasteiger partial charge >= 0.3 is 0 Å². The van der Waals surface area contributed by atoms with Gasteiger partial charge in [0.15, 0.2) is 5.76 Å². The molecular formula is C14H13BrO2. The molecule has 0 saturated heterocycles. The lowest BCUT2D eigenvalue weighted by molar-refractivity contribution is 0.0879. The van der Waals surface area contributed by atoms with Gasteiger partial charge in [0.25, 0.3) is 0 Å². The summed E-state index contributed by atoms with van der Waals surface area (Å²) in [6.45, 7) is 3.80. The molecule has 2 nitrogen and oxygen atoms in total. The summed E-state index contributed by atoms with van der Waals surface area (Å²) >= 11 is 3.32. The molecule has 0 aliphatic heterocycles. The van der Waals surface area contributed by atoms with E-state index in [-0.39, 0.29) is 5.78 Å². The van der Waals surface area contributed by atoms with E-state index in [1.165, 1.54) is 6.26 Å². The third-order valence-electron chi connectivity index (χ3n) is 2.89. The molecule has 2 rings (SSSR count). The third kappa shape index (κ3) is 2.20. The minimum absolute atomic E-state index is 0.0272. The van der Waals surface area contributed by atoms with Crippen molar-refractivity contribution in [2.75, 3.05) is 0 Å². The number of hydrogen-bond donors (Lipinski definition) is 0. The molecule has 3 heteroatoms. The van der Waals surface area contributed by atoms with E-state index >= 15 is 0 Å². The summed E-state index contributed by atoms with van der Waals surface area (Å²) < 4.78 is 5.94. The lowest BCUT2D eigenvalue weighted by Gasteiger charge is -2.22. The Morgan fingerprint density at radius 3 is 2.35 bits per heavy atom. The molecule has 2 aromatic rings. The molecule has 88 valence electrons. The molecule has 0 aliphatic carbocycles. The number of hydrogen-bond acceptors (Lipinski definition) is 2. The molecule has 0 aliphatic rings. The summed E-state index contributed by atoms with van der Waals surface area (Å²) in [5, 5.41) is 0. The van der Waals surface area contributed by atoms with Crippen molar-refractivity contribution in [1.29, 1.82) is 0 Å². The fourth-order valence-electron chi connectivity index (χ4n) is 1.73. The summed E-state index contributed by atoms with van der Waals surface area (Å²) in [4.78, 5) is 12.4. The predicted molar refractivity (Wildman–Crippen MR) is 70.2 cm³/mol. The van der Waals surface area contributed by atoms with E-state index in [1.807, 2.05) is 44.2 Å². The van der Waals surface area contributed by atoms with Crippen LogP contribution < -0.4 is 0 Å². The van der Waals surface area contributed by atoms with E-state index in [0.717, 1.165) is 5.56 Å². The van der Waals surface area contributed by atoms with Crippen LogP contribution in [0, 0.1) is 0 Å². The van der Waals surface area contributed by atoms with Crippen molar-refractivity contribution in [2.45, 2.75) is 19.3 Å². The van der Waals surface area contributed by atoms with Gasteiger partial charge in [0.05, 0.1) is 16.2 Å². The molecular weight excluding hydrogens is 280 g/mol. The molecule has 0 fully saturated rings. The fraction of sp³-hybridized carbons (Fsp3) is 0.214. The second-order valence-electron chi connectivity index (χ2n) is 4.42. The summed E-state index contributed by atoms with van der Waals surface area (Å²) in [7, 11) is 0. The molecule has 17 heavy (non-hydrogen) atoms. The molecule has 1 aromatic carbocycles. The molecule has 0 bridgehead atoms. The van der Waals surface area contributed by atoms with Crippen LogP contribution in [0.3, 0.4) is 0 Å². The number of Topliss-reactive ketones (excluding diaryl/α,β-unsaturated/α-hetero) is 1. The maximum Gasteiger partial charge on any atom is 0.209 e. The van der Waals surface area contributed by atoms with Crippen LogP contribution in [0.15, 0.2) is 51.6 Å². The molecule has 0 N–H and O–H groups in total. The van der Waals surface area contributed by atoms with Crippen LogP contribution in [0.2, 0.25) is 0 Å². The Bertz CT molecular complexity index is 526. The van der Waals surface area contributed by atoms with Gasteiger partial charge in [-0.15, -0.1) is 0 Å². The Morgan fingerprint density at radius 1 is 1.18 bits per heavy atom. The van der Waals surface area contributed by atoms with E-state index in [2.05, 4.69) is 15.9 Å². The van der Waals surface area contributed by atoms with Gasteiger partial charge in [-0.1, -0.05) is 30.3 Å². The van der Waals surface area contributed by atoms with E-state index in [9.17, 15) is 4.79 Å². The summed E-state index contributed by atoms with van der Waals surface area (Å²) in [6.07, 6.45) is 1.51. The second-order valence-corrected chi connectivity index (χ2v) is 5.27. The number of rotatable bonds is 3. The first kappa shape index (κ1) is 12.1. The molecule has 1 heterocycles. The van der Waals surface area contributed by atoms with E-state index in [4.69, 9.17) is 4.42 Å². The number of ketones is 1. The van der Waals surface area contributed by atoms with Gasteiger partial charge < -0.3 is 4.42 Å². The number of halogens is 1. The van der Waals surface area contributed by atoms with Gasteiger partial charge in [-0.3, -0.25) is 4.79 Å². The van der Waals surface area contributed by atoms with Crippen molar-refractivity contribution in [3.63, 3.8) is 0 Å². The van der Waals surface area contributed by atoms with Crippen molar-refractivity contribution in [2.24, 2.45) is 0 Å². The highest BCUT2D eigenvalue weighted by atomic mass is 79.9. The highest BCUT2D eigenvalue weighted by Gasteiger charge is 2.33. The zero-order valence-corrected chi connectivity index (χ0v) is 11.3. The smallest absolute Gasteiger partial charge is 0.209 e. The van der Waals surface area contributed by atoms with Crippen molar-refractivity contribution >= 4 is 21.7 Å². The summed E-state index contributed by atoms with van der Waals surface area (Å²) in [5.74, 6) is 0.347. The normalized spacial score (nSPS) is 11.5. The highest BCUT2D eigenvalue weighted by molar-refractivity contribution is 9.10. The number of furan rings is 1. The average molecular weight is 293 g/mol. The Balaban J connectivity index is 2.40. The zero-order chi connectivity index (χ0) is 12.5. The molecule has 0 amide bonds. The van der Waals surface area contributed by atoms with Crippen LogP contribution in [0.25, 0.3) is 0 Å². The minimum Gasteiger partial charge on any atom is -0.460 e. The molecule has 0 atom stereocenters. The zero-order valence-electron chi connectivity index (χ0n) is 9.74. The predicted octanol–water partition coefficient (Wildman–Crippen LogP) is 4.20. The largest absolute Gasteiger partial charge is 0.460 e. The van der Waals surface area contributed by atoms with Crippen molar-refractivity contribution in [3.8, 4) is 0 Å². The van der Waals surface area contributed by atoms with Crippen LogP contribution >= 0.6 is 15.9 Å². The fourth-order valence-corrected chi connectivity index (χ4v) is 2.11. The first-order valence-electron chi connectivity index (χ1n) is 5.37. The standard InChI is InChI=1S/C14H13BrO2/c1-14(2,10-6-4-3-5-7-10)13(16)12-11(15)8-9-17-12/h3-9H,1-2H3. The Labute approximate surface area is 109 Å². The van der Waals surface area contributed by atoms with E-state index in [1.54, 1.807) is 6.07 Å². The van der Waals surface area contributed by atoms with Crippen molar-refractivity contribution < 1.29 is 9.21 Å². The molecule has 0 radical (unpaired) electrons. The lowest BCUT2D eigenvalue weighted by atomic mass is 9.80. The third-order valence-corrected chi connectivity index (χ3v) is 3.51. The molecule has 1 aromatic heterocycles. The molecule has 0 saturated carbocycles. The number of benzene rings is 1. The van der Waals surface area contributed by atoms with Gasteiger partial charge in [0.1, 0.15) is 0 Å².